The maximum Gasteiger partial charge on any atom is 0.140 e. The second-order valence-electron chi connectivity index (χ2n) is 16.9. The maximum atomic E-state index is 6.97. The van der Waals surface area contributed by atoms with Gasteiger partial charge >= 0.3 is 0 Å². The lowest BCUT2D eigenvalue weighted by Crippen LogP contribution is -2.59. The van der Waals surface area contributed by atoms with E-state index in [1.54, 1.807) is 0 Å². The van der Waals surface area contributed by atoms with E-state index in [1.807, 2.05) is 7.05 Å². The van der Waals surface area contributed by atoms with Crippen LogP contribution in [0.1, 0.15) is 59.9 Å². The smallest absolute Gasteiger partial charge is 0.140 e. The topological polar surface area (TPSA) is 60.0 Å². The van der Waals surface area contributed by atoms with Gasteiger partial charge in [-0.1, -0.05) is 121 Å². The number of hydrogen-bond acceptors (Lipinski definition) is 2. The van der Waals surface area contributed by atoms with Gasteiger partial charge in [-0.3, -0.25) is 4.99 Å². The molecule has 4 fully saturated rings. The van der Waals surface area contributed by atoms with Crippen LogP contribution in [0, 0.1) is 28.6 Å². The standard InChI is InChI=1S/C50H41N3O/c1-52-47(48-27-35-25-34-26-36(28-48)49(34,35)29-48)53-46(51)33-14-9-12-31(24-33)30-11-8-13-32(23-30)37-17-10-21-43-45(37)54-44-22-7-6-20-42(44)50(43)40-18-4-2-15-38(40)39-16-3-5-19-41(39)50/h2-24,34-36H,25-29H2,1H3,(H2,51,52,53). The number of fused-ring (bicyclic) bond motifs is 10. The van der Waals surface area contributed by atoms with Gasteiger partial charge in [0.25, 0.3) is 0 Å². The van der Waals surface area contributed by atoms with Crippen molar-refractivity contribution >= 4 is 11.7 Å². The fourth-order valence-electron chi connectivity index (χ4n) is 12.8. The fraction of sp³-hybridized carbons (Fsp3) is 0.240. The van der Waals surface area contributed by atoms with Gasteiger partial charge in [-0.2, -0.15) is 0 Å². The fourth-order valence-corrected chi connectivity index (χ4v) is 12.8. The number of benzene rings is 6. The summed E-state index contributed by atoms with van der Waals surface area (Å²) in [4.78, 5) is 9.94. The molecule has 2 atom stereocenters. The van der Waals surface area contributed by atoms with Crippen molar-refractivity contribution < 1.29 is 4.74 Å². The molecule has 1 heterocycles. The number of rotatable bonds is 4. The van der Waals surface area contributed by atoms with Crippen LogP contribution >= 0.6 is 0 Å². The lowest BCUT2D eigenvalue weighted by atomic mass is 9.38. The molecule has 6 aromatic carbocycles. The van der Waals surface area contributed by atoms with Gasteiger partial charge in [0.05, 0.1) is 5.41 Å². The van der Waals surface area contributed by atoms with Gasteiger partial charge in [-0.25, -0.2) is 4.99 Å². The predicted octanol–water partition coefficient (Wildman–Crippen LogP) is 11.0. The Kier molecular flexibility index (Phi) is 6.08. The Hall–Kier alpha value is -5.74. The number of ether oxygens (including phenoxy) is 1. The first-order valence-corrected chi connectivity index (χ1v) is 19.7. The second kappa shape index (κ2) is 10.7. The third-order valence-electron chi connectivity index (χ3n) is 14.8. The van der Waals surface area contributed by atoms with Crippen molar-refractivity contribution in [1.82, 2.24) is 0 Å². The number of nitrogens with zero attached hydrogens (tertiary/aromatic N) is 2. The van der Waals surface area contributed by atoms with Crippen LogP contribution in [0.25, 0.3) is 33.4 Å². The predicted molar refractivity (Wildman–Crippen MR) is 217 cm³/mol. The molecular formula is C50H41N3O. The van der Waals surface area contributed by atoms with Gasteiger partial charge in [0.2, 0.25) is 0 Å². The largest absolute Gasteiger partial charge is 0.456 e. The highest BCUT2D eigenvalue weighted by atomic mass is 16.5. The molecule has 2 spiro atoms. The monoisotopic (exact) mass is 699 g/mol. The molecule has 0 amide bonds. The highest BCUT2D eigenvalue weighted by molar-refractivity contribution is 6.07. The Labute approximate surface area is 316 Å². The van der Waals surface area contributed by atoms with Crippen molar-refractivity contribution in [2.75, 3.05) is 7.05 Å². The average Bonchev–Trinajstić information content (AvgIpc) is 3.82. The van der Waals surface area contributed by atoms with Gasteiger partial charge < -0.3 is 10.5 Å². The third-order valence-corrected chi connectivity index (χ3v) is 14.8. The number of nitrogens with two attached hydrogens (primary N) is 1. The van der Waals surface area contributed by atoms with Crippen LogP contribution in [-0.2, 0) is 5.41 Å². The third kappa shape index (κ3) is 3.74. The average molecular weight is 700 g/mol. The molecule has 1 aliphatic heterocycles. The zero-order valence-corrected chi connectivity index (χ0v) is 30.4. The molecule has 262 valence electrons. The van der Waals surface area contributed by atoms with E-state index >= 15 is 0 Å². The minimum atomic E-state index is -0.492. The quantitative estimate of drug-likeness (QED) is 0.147. The lowest BCUT2D eigenvalue weighted by molar-refractivity contribution is -0.175. The summed E-state index contributed by atoms with van der Waals surface area (Å²) >= 11 is 0. The normalized spacial score (nSPS) is 27.2. The summed E-state index contributed by atoms with van der Waals surface area (Å²) in [6, 6.07) is 50.3. The van der Waals surface area contributed by atoms with Crippen molar-refractivity contribution in [2.45, 2.75) is 37.5 Å². The minimum Gasteiger partial charge on any atom is -0.456 e. The lowest BCUT2D eigenvalue weighted by Gasteiger charge is -2.66. The molecule has 4 nitrogen and oxygen atoms in total. The van der Waals surface area contributed by atoms with E-state index in [0.29, 0.717) is 11.3 Å². The van der Waals surface area contributed by atoms with Gasteiger partial charge in [-0.15, -0.1) is 0 Å². The first-order valence-electron chi connectivity index (χ1n) is 19.7. The summed E-state index contributed by atoms with van der Waals surface area (Å²) in [5, 5.41) is 0. The maximum absolute atomic E-state index is 6.97. The van der Waals surface area contributed by atoms with E-state index in [0.717, 1.165) is 62.9 Å². The molecule has 5 aliphatic carbocycles. The first kappa shape index (κ1) is 30.7. The molecule has 54 heavy (non-hydrogen) atoms. The molecule has 2 bridgehead atoms. The molecule has 4 saturated carbocycles. The van der Waals surface area contributed by atoms with E-state index < -0.39 is 5.41 Å². The molecule has 6 aliphatic rings. The highest BCUT2D eigenvalue weighted by Gasteiger charge is 2.78. The summed E-state index contributed by atoms with van der Waals surface area (Å²) in [5.41, 5.74) is 19.9. The second-order valence-corrected chi connectivity index (χ2v) is 16.9. The molecule has 0 saturated heterocycles. The first-order chi connectivity index (χ1) is 26.5. The molecule has 2 N–H and O–H groups in total. The van der Waals surface area contributed by atoms with Crippen molar-refractivity contribution in [2.24, 2.45) is 44.3 Å². The Morgan fingerprint density at radius 2 is 1.20 bits per heavy atom. The van der Waals surface area contributed by atoms with Crippen LogP contribution in [-0.4, -0.2) is 18.7 Å². The van der Waals surface area contributed by atoms with Crippen LogP contribution in [0.5, 0.6) is 11.5 Å². The Morgan fingerprint density at radius 1 is 0.611 bits per heavy atom. The number of hydrogen-bond donors (Lipinski definition) is 1. The van der Waals surface area contributed by atoms with Crippen LogP contribution in [0.3, 0.4) is 0 Å². The summed E-state index contributed by atoms with van der Waals surface area (Å²) in [7, 11) is 1.91. The molecular weight excluding hydrogens is 659 g/mol. The Balaban J connectivity index is 0.940. The van der Waals surface area contributed by atoms with Crippen LogP contribution in [0.15, 0.2) is 150 Å². The van der Waals surface area contributed by atoms with Crippen molar-refractivity contribution in [3.8, 4) is 44.9 Å². The van der Waals surface area contributed by atoms with Crippen LogP contribution in [0.4, 0.5) is 0 Å². The Bertz CT molecular complexity index is 2590. The summed E-state index contributed by atoms with van der Waals surface area (Å²) in [5.74, 6) is 6.06. The van der Waals surface area contributed by atoms with Crippen molar-refractivity contribution in [3.63, 3.8) is 0 Å². The van der Waals surface area contributed by atoms with E-state index in [4.69, 9.17) is 20.5 Å². The van der Waals surface area contributed by atoms with Crippen molar-refractivity contribution in [3.05, 3.63) is 167 Å². The molecule has 0 aromatic heterocycles. The summed E-state index contributed by atoms with van der Waals surface area (Å²) in [6.45, 7) is 0. The number of amidine groups is 2. The highest BCUT2D eigenvalue weighted by Crippen LogP contribution is 2.84. The Morgan fingerprint density at radius 3 is 1.91 bits per heavy atom. The van der Waals surface area contributed by atoms with Gasteiger partial charge in [0.1, 0.15) is 23.2 Å². The number of para-hydroxylation sites is 2. The number of aliphatic imine (C=N–C) groups is 2. The SMILES string of the molecule is CN=C(N=C(N)c1cccc(-c2cccc(-c3cccc4c3Oc3ccccc3C43c4ccccc4-c4ccccc43)c2)c1)C12CC3CC4CC(C1)C43C2. The molecule has 12 rings (SSSR count). The molecule has 4 heteroatoms. The summed E-state index contributed by atoms with van der Waals surface area (Å²) < 4.78 is 6.97. The zero-order valence-electron chi connectivity index (χ0n) is 30.4. The van der Waals surface area contributed by atoms with E-state index in [9.17, 15) is 0 Å². The zero-order chi connectivity index (χ0) is 35.8. The van der Waals surface area contributed by atoms with Crippen molar-refractivity contribution in [1.29, 1.82) is 0 Å². The summed E-state index contributed by atoms with van der Waals surface area (Å²) in [6.07, 6.45) is 6.60. The molecule has 0 radical (unpaired) electrons. The molecule has 6 aromatic rings. The van der Waals surface area contributed by atoms with E-state index in [2.05, 4.69) is 140 Å². The van der Waals surface area contributed by atoms with E-state index in [-0.39, 0.29) is 5.41 Å². The van der Waals surface area contributed by atoms with Gasteiger partial charge in [-0.05, 0) is 112 Å². The molecule has 2 unspecified atom stereocenters. The van der Waals surface area contributed by atoms with Crippen LogP contribution in [0.2, 0.25) is 0 Å². The van der Waals surface area contributed by atoms with Gasteiger partial charge in [0.15, 0.2) is 0 Å². The van der Waals surface area contributed by atoms with Gasteiger partial charge in [0, 0.05) is 34.7 Å². The van der Waals surface area contributed by atoms with E-state index in [1.165, 1.54) is 65.5 Å². The minimum absolute atomic E-state index is 0.116. The van der Waals surface area contributed by atoms with Crippen LogP contribution < -0.4 is 10.5 Å².